The Balaban J connectivity index is 2.54. The molecule has 1 aromatic rings. The molecular formula is C13H17BrN2O4S. The van der Waals surface area contributed by atoms with Gasteiger partial charge < -0.3 is 0 Å². The van der Waals surface area contributed by atoms with Gasteiger partial charge in [0.2, 0.25) is 0 Å². The first-order chi connectivity index (χ1) is 9.71. The highest BCUT2D eigenvalue weighted by Crippen LogP contribution is 2.15. The third kappa shape index (κ3) is 6.26. The van der Waals surface area contributed by atoms with Crippen LogP contribution in [-0.4, -0.2) is 31.7 Å². The zero-order chi connectivity index (χ0) is 16.0. The van der Waals surface area contributed by atoms with Crippen molar-refractivity contribution in [3.8, 4) is 0 Å². The summed E-state index contributed by atoms with van der Waals surface area (Å²) in [6.45, 7) is 3.51. The maximum Gasteiger partial charge on any atom is 0.270 e. The number of halogens is 1. The molecule has 0 radical (unpaired) electrons. The quantitative estimate of drug-likeness (QED) is 0.757. The molecule has 1 rings (SSSR count). The van der Waals surface area contributed by atoms with E-state index in [1.54, 1.807) is 38.1 Å². The molecule has 0 fully saturated rings. The second kappa shape index (κ2) is 7.56. The SMILES string of the molecule is CC(C)CS(=O)(=O)CC(=O)NNC(=O)c1ccccc1Br. The van der Waals surface area contributed by atoms with Crippen molar-refractivity contribution in [2.24, 2.45) is 5.92 Å². The Morgan fingerprint density at radius 3 is 2.38 bits per heavy atom. The third-order valence-electron chi connectivity index (χ3n) is 2.37. The van der Waals surface area contributed by atoms with Crippen LogP contribution in [0.4, 0.5) is 0 Å². The number of nitrogens with one attached hydrogen (secondary N) is 2. The van der Waals surface area contributed by atoms with E-state index in [1.807, 2.05) is 0 Å². The minimum absolute atomic E-state index is 0.0577. The van der Waals surface area contributed by atoms with E-state index in [-0.39, 0.29) is 11.7 Å². The van der Waals surface area contributed by atoms with Gasteiger partial charge >= 0.3 is 0 Å². The normalized spacial score (nSPS) is 11.2. The van der Waals surface area contributed by atoms with Gasteiger partial charge in [0.25, 0.3) is 11.8 Å². The van der Waals surface area contributed by atoms with Gasteiger partial charge in [0, 0.05) is 4.47 Å². The van der Waals surface area contributed by atoms with E-state index in [1.165, 1.54) is 0 Å². The van der Waals surface area contributed by atoms with E-state index in [0.29, 0.717) is 10.0 Å². The summed E-state index contributed by atoms with van der Waals surface area (Å²) in [4.78, 5) is 23.4. The number of carbonyl (C=O) groups excluding carboxylic acids is 2. The fourth-order valence-electron chi connectivity index (χ4n) is 1.64. The lowest BCUT2D eigenvalue weighted by atomic mass is 10.2. The maximum atomic E-state index is 11.8. The van der Waals surface area contributed by atoms with Crippen LogP contribution in [0.25, 0.3) is 0 Å². The molecule has 0 bridgehead atoms. The summed E-state index contributed by atoms with van der Waals surface area (Å²) in [6.07, 6.45) is 0. The maximum absolute atomic E-state index is 11.8. The zero-order valence-electron chi connectivity index (χ0n) is 11.7. The Morgan fingerprint density at radius 2 is 1.81 bits per heavy atom. The average Bonchev–Trinajstić information content (AvgIpc) is 2.34. The molecule has 0 unspecified atom stereocenters. The zero-order valence-corrected chi connectivity index (χ0v) is 14.1. The van der Waals surface area contributed by atoms with Gasteiger partial charge in [-0.2, -0.15) is 0 Å². The molecule has 0 atom stereocenters. The smallest absolute Gasteiger partial charge is 0.270 e. The topological polar surface area (TPSA) is 92.3 Å². The standard InChI is InChI=1S/C13H17BrN2O4S/c1-9(2)7-21(19,20)8-12(17)15-16-13(18)10-5-3-4-6-11(10)14/h3-6,9H,7-8H2,1-2H3,(H,15,17)(H,16,18). The minimum Gasteiger partial charge on any atom is -0.272 e. The van der Waals surface area contributed by atoms with Crippen LogP contribution in [0.5, 0.6) is 0 Å². The summed E-state index contributed by atoms with van der Waals surface area (Å²) in [5.74, 6) is -2.08. The van der Waals surface area contributed by atoms with E-state index in [4.69, 9.17) is 0 Å². The summed E-state index contributed by atoms with van der Waals surface area (Å²) >= 11 is 3.21. The molecule has 0 saturated carbocycles. The molecule has 1 aromatic carbocycles. The summed E-state index contributed by atoms with van der Waals surface area (Å²) in [5.41, 5.74) is 4.62. The predicted octanol–water partition coefficient (Wildman–Crippen LogP) is 1.28. The van der Waals surface area contributed by atoms with Crippen LogP contribution in [0.2, 0.25) is 0 Å². The minimum atomic E-state index is -3.47. The number of hydrazine groups is 1. The molecule has 0 aromatic heterocycles. The molecule has 21 heavy (non-hydrogen) atoms. The molecule has 0 spiro atoms. The lowest BCUT2D eigenvalue weighted by Gasteiger charge is -2.09. The van der Waals surface area contributed by atoms with Crippen molar-refractivity contribution in [2.75, 3.05) is 11.5 Å². The van der Waals surface area contributed by atoms with Crippen LogP contribution in [0.3, 0.4) is 0 Å². The fraction of sp³-hybridized carbons (Fsp3) is 0.385. The monoisotopic (exact) mass is 376 g/mol. The summed E-state index contributed by atoms with van der Waals surface area (Å²) in [7, 11) is -3.47. The van der Waals surface area contributed by atoms with E-state index in [9.17, 15) is 18.0 Å². The number of hydrogen-bond acceptors (Lipinski definition) is 4. The first-order valence-electron chi connectivity index (χ1n) is 6.25. The van der Waals surface area contributed by atoms with E-state index < -0.39 is 27.4 Å². The van der Waals surface area contributed by atoms with Gasteiger partial charge in [0.05, 0.1) is 11.3 Å². The molecule has 8 heteroatoms. The molecule has 0 aliphatic rings. The molecular weight excluding hydrogens is 360 g/mol. The molecule has 2 N–H and O–H groups in total. The molecule has 0 aliphatic heterocycles. The number of rotatable bonds is 5. The van der Waals surface area contributed by atoms with Gasteiger partial charge in [-0.05, 0) is 34.0 Å². The Kier molecular flexibility index (Phi) is 6.35. The molecule has 2 amide bonds. The van der Waals surface area contributed by atoms with E-state index in [2.05, 4.69) is 26.8 Å². The van der Waals surface area contributed by atoms with Crippen molar-refractivity contribution in [2.45, 2.75) is 13.8 Å². The van der Waals surface area contributed by atoms with Crippen molar-refractivity contribution in [3.63, 3.8) is 0 Å². The molecule has 0 saturated heterocycles. The lowest BCUT2D eigenvalue weighted by Crippen LogP contribution is -2.44. The van der Waals surface area contributed by atoms with Crippen LogP contribution in [0.1, 0.15) is 24.2 Å². The van der Waals surface area contributed by atoms with Crippen molar-refractivity contribution in [3.05, 3.63) is 34.3 Å². The molecule has 0 heterocycles. The van der Waals surface area contributed by atoms with E-state index in [0.717, 1.165) is 0 Å². The van der Waals surface area contributed by atoms with Crippen LogP contribution in [0.15, 0.2) is 28.7 Å². The fourth-order valence-corrected chi connectivity index (χ4v) is 3.71. The van der Waals surface area contributed by atoms with Gasteiger partial charge in [0.15, 0.2) is 9.84 Å². The van der Waals surface area contributed by atoms with Gasteiger partial charge in [0.1, 0.15) is 5.75 Å². The summed E-state index contributed by atoms with van der Waals surface area (Å²) < 4.78 is 23.9. The van der Waals surface area contributed by atoms with Crippen LogP contribution < -0.4 is 10.9 Å². The second-order valence-corrected chi connectivity index (χ2v) is 7.89. The Bertz CT molecular complexity index is 629. The number of sulfone groups is 1. The number of hydrogen-bond donors (Lipinski definition) is 2. The van der Waals surface area contributed by atoms with Gasteiger partial charge in [-0.15, -0.1) is 0 Å². The van der Waals surface area contributed by atoms with Crippen molar-refractivity contribution < 1.29 is 18.0 Å². The number of carbonyl (C=O) groups is 2. The Labute approximate surface area is 132 Å². The van der Waals surface area contributed by atoms with Crippen molar-refractivity contribution >= 4 is 37.6 Å². The number of amides is 2. The first kappa shape index (κ1) is 17.6. The van der Waals surface area contributed by atoms with E-state index >= 15 is 0 Å². The largest absolute Gasteiger partial charge is 0.272 e. The predicted molar refractivity (Wildman–Crippen MR) is 83.2 cm³/mol. The van der Waals surface area contributed by atoms with Crippen molar-refractivity contribution in [1.29, 1.82) is 0 Å². The van der Waals surface area contributed by atoms with Crippen molar-refractivity contribution in [1.82, 2.24) is 10.9 Å². The van der Waals surface area contributed by atoms with Gasteiger partial charge in [-0.3, -0.25) is 20.4 Å². The highest BCUT2D eigenvalue weighted by atomic mass is 79.9. The first-order valence-corrected chi connectivity index (χ1v) is 8.87. The van der Waals surface area contributed by atoms with Crippen LogP contribution >= 0.6 is 15.9 Å². The highest BCUT2D eigenvalue weighted by Gasteiger charge is 2.19. The third-order valence-corrected chi connectivity index (χ3v) is 4.94. The molecule has 6 nitrogen and oxygen atoms in total. The van der Waals surface area contributed by atoms with Crippen LogP contribution in [-0.2, 0) is 14.6 Å². The van der Waals surface area contributed by atoms with Gasteiger partial charge in [-0.1, -0.05) is 26.0 Å². The Morgan fingerprint density at radius 1 is 1.19 bits per heavy atom. The van der Waals surface area contributed by atoms with Crippen LogP contribution in [0, 0.1) is 5.92 Å². The summed E-state index contributed by atoms with van der Waals surface area (Å²) in [5, 5.41) is 0. The molecule has 0 aliphatic carbocycles. The second-order valence-electron chi connectivity index (χ2n) is 4.93. The molecule has 116 valence electrons. The summed E-state index contributed by atoms with van der Waals surface area (Å²) in [6, 6.07) is 6.68. The van der Waals surface area contributed by atoms with Gasteiger partial charge in [-0.25, -0.2) is 8.42 Å². The highest BCUT2D eigenvalue weighted by molar-refractivity contribution is 9.10. The average molecular weight is 377 g/mol. The Hall–Kier alpha value is -1.41. The lowest BCUT2D eigenvalue weighted by molar-refractivity contribution is -0.119. The number of benzene rings is 1.